The van der Waals surface area contributed by atoms with E-state index < -0.39 is 0 Å². The van der Waals surface area contributed by atoms with Crippen LogP contribution in [0.25, 0.3) is 0 Å². The summed E-state index contributed by atoms with van der Waals surface area (Å²) in [4.78, 5) is 0. The summed E-state index contributed by atoms with van der Waals surface area (Å²) in [5, 5.41) is 10.2. The van der Waals surface area contributed by atoms with Gasteiger partial charge in [-0.25, -0.2) is 0 Å². The number of hydrogen-bond acceptors (Lipinski definition) is 2. The molecule has 1 fully saturated rings. The van der Waals surface area contributed by atoms with E-state index in [1.54, 1.807) is 0 Å². The van der Waals surface area contributed by atoms with Crippen LogP contribution in [0, 0.1) is 11.3 Å². The minimum absolute atomic E-state index is 0.203. The molecule has 2 atom stereocenters. The van der Waals surface area contributed by atoms with Crippen LogP contribution in [0.2, 0.25) is 0 Å². The number of rotatable bonds is 2. The number of nitrogens with zero attached hydrogens (tertiary/aromatic N) is 1. The molecule has 1 aromatic rings. The van der Waals surface area contributed by atoms with Crippen molar-refractivity contribution in [3.8, 4) is 0 Å². The number of hydrogen-bond donors (Lipinski definition) is 1. The predicted molar refractivity (Wildman–Crippen MR) is 70.4 cm³/mol. The summed E-state index contributed by atoms with van der Waals surface area (Å²) in [6, 6.07) is 2.10. The Balaban J connectivity index is 1.84. The molecule has 1 aliphatic heterocycles. The SMILES string of the molecule is CC1(C)Cc2c(ccn2CC2CCOC2)C(O)C1. The molecule has 3 nitrogen and oxygen atoms in total. The van der Waals surface area contributed by atoms with Crippen molar-refractivity contribution < 1.29 is 9.84 Å². The molecule has 0 spiro atoms. The second-order valence-electron chi connectivity index (χ2n) is 6.66. The third kappa shape index (κ3) is 2.21. The fourth-order valence-electron chi connectivity index (χ4n) is 3.36. The number of aliphatic hydroxyl groups excluding tert-OH is 1. The van der Waals surface area contributed by atoms with Gasteiger partial charge in [0.1, 0.15) is 0 Å². The van der Waals surface area contributed by atoms with Crippen molar-refractivity contribution in [2.45, 2.75) is 45.8 Å². The second-order valence-corrected chi connectivity index (χ2v) is 6.66. The maximum absolute atomic E-state index is 10.2. The van der Waals surface area contributed by atoms with E-state index >= 15 is 0 Å². The molecule has 100 valence electrons. The molecule has 0 amide bonds. The Labute approximate surface area is 109 Å². The van der Waals surface area contributed by atoms with Gasteiger partial charge in [0.15, 0.2) is 0 Å². The first kappa shape index (κ1) is 12.2. The molecule has 2 aliphatic rings. The molecule has 0 radical (unpaired) electrons. The van der Waals surface area contributed by atoms with Gasteiger partial charge in [-0.2, -0.15) is 0 Å². The Morgan fingerprint density at radius 2 is 2.33 bits per heavy atom. The fraction of sp³-hybridized carbons (Fsp3) is 0.733. The topological polar surface area (TPSA) is 34.4 Å². The Morgan fingerprint density at radius 1 is 1.50 bits per heavy atom. The van der Waals surface area contributed by atoms with Crippen molar-refractivity contribution in [1.82, 2.24) is 4.57 Å². The van der Waals surface area contributed by atoms with Gasteiger partial charge in [0, 0.05) is 36.5 Å². The van der Waals surface area contributed by atoms with Crippen LogP contribution < -0.4 is 0 Å². The number of aliphatic hydroxyl groups is 1. The number of fused-ring (bicyclic) bond motifs is 1. The van der Waals surface area contributed by atoms with E-state index in [1.165, 1.54) is 12.1 Å². The summed E-state index contributed by atoms with van der Waals surface area (Å²) in [6.45, 7) is 7.32. The zero-order valence-electron chi connectivity index (χ0n) is 11.4. The van der Waals surface area contributed by atoms with E-state index in [-0.39, 0.29) is 11.5 Å². The lowest BCUT2D eigenvalue weighted by molar-refractivity contribution is 0.0975. The summed E-state index contributed by atoms with van der Waals surface area (Å²) in [5.74, 6) is 0.642. The van der Waals surface area contributed by atoms with Gasteiger partial charge in [-0.15, -0.1) is 0 Å². The van der Waals surface area contributed by atoms with Crippen molar-refractivity contribution in [3.05, 3.63) is 23.5 Å². The minimum Gasteiger partial charge on any atom is -0.388 e. The quantitative estimate of drug-likeness (QED) is 0.874. The smallest absolute Gasteiger partial charge is 0.0812 e. The van der Waals surface area contributed by atoms with Gasteiger partial charge >= 0.3 is 0 Å². The van der Waals surface area contributed by atoms with E-state index in [1.807, 2.05) is 0 Å². The summed E-state index contributed by atoms with van der Waals surface area (Å²) < 4.78 is 7.80. The van der Waals surface area contributed by atoms with Crippen LogP contribution >= 0.6 is 0 Å². The van der Waals surface area contributed by atoms with Crippen molar-refractivity contribution in [1.29, 1.82) is 0 Å². The summed E-state index contributed by atoms with van der Waals surface area (Å²) in [7, 11) is 0. The van der Waals surface area contributed by atoms with Crippen molar-refractivity contribution >= 4 is 0 Å². The van der Waals surface area contributed by atoms with E-state index in [4.69, 9.17) is 4.74 Å². The van der Waals surface area contributed by atoms with Gasteiger partial charge in [-0.3, -0.25) is 0 Å². The average molecular weight is 249 g/mol. The lowest BCUT2D eigenvalue weighted by Crippen LogP contribution is -2.27. The molecule has 3 rings (SSSR count). The first-order chi connectivity index (χ1) is 8.55. The molecule has 0 bridgehead atoms. The highest BCUT2D eigenvalue weighted by Crippen LogP contribution is 2.41. The molecule has 2 unspecified atom stereocenters. The van der Waals surface area contributed by atoms with Gasteiger partial charge in [0.25, 0.3) is 0 Å². The van der Waals surface area contributed by atoms with Gasteiger partial charge in [0.05, 0.1) is 12.7 Å². The van der Waals surface area contributed by atoms with Crippen LogP contribution in [0.4, 0.5) is 0 Å². The first-order valence-electron chi connectivity index (χ1n) is 6.99. The standard InChI is InChI=1S/C15H23NO2/c1-15(2)7-13-12(14(17)8-15)3-5-16(13)9-11-4-6-18-10-11/h3,5,11,14,17H,4,6-10H2,1-2H3. The normalized spacial score (nSPS) is 30.4. The zero-order valence-corrected chi connectivity index (χ0v) is 11.4. The number of ether oxygens (including phenoxy) is 1. The molecule has 3 heteroatoms. The molecule has 0 aromatic carbocycles. The Kier molecular flexibility index (Phi) is 2.99. The molecule has 18 heavy (non-hydrogen) atoms. The molecular weight excluding hydrogens is 226 g/mol. The lowest BCUT2D eigenvalue weighted by atomic mass is 9.75. The van der Waals surface area contributed by atoms with Gasteiger partial charge in [-0.1, -0.05) is 13.8 Å². The van der Waals surface area contributed by atoms with Gasteiger partial charge in [-0.05, 0) is 30.7 Å². The first-order valence-corrected chi connectivity index (χ1v) is 6.99. The predicted octanol–water partition coefficient (Wildman–Crippen LogP) is 2.53. The Hall–Kier alpha value is -0.800. The van der Waals surface area contributed by atoms with Gasteiger partial charge < -0.3 is 14.4 Å². The van der Waals surface area contributed by atoms with Crippen molar-refractivity contribution in [2.24, 2.45) is 11.3 Å². The van der Waals surface area contributed by atoms with Crippen LogP contribution in [-0.2, 0) is 17.7 Å². The zero-order chi connectivity index (χ0) is 12.8. The van der Waals surface area contributed by atoms with E-state index in [0.717, 1.165) is 38.2 Å². The number of aromatic nitrogens is 1. The fourth-order valence-corrected chi connectivity index (χ4v) is 3.36. The summed E-state index contributed by atoms with van der Waals surface area (Å²) in [6.07, 6.45) is 4.97. The molecule has 1 aliphatic carbocycles. The van der Waals surface area contributed by atoms with E-state index in [2.05, 4.69) is 30.7 Å². The monoisotopic (exact) mass is 249 g/mol. The largest absolute Gasteiger partial charge is 0.388 e. The van der Waals surface area contributed by atoms with Crippen LogP contribution in [0.1, 0.15) is 44.1 Å². The third-order valence-electron chi connectivity index (χ3n) is 4.34. The van der Waals surface area contributed by atoms with Crippen LogP contribution in [0.3, 0.4) is 0 Å². The highest BCUT2D eigenvalue weighted by molar-refractivity contribution is 5.29. The average Bonchev–Trinajstić information content (AvgIpc) is 2.88. The molecule has 1 aromatic heterocycles. The van der Waals surface area contributed by atoms with Gasteiger partial charge in [0.2, 0.25) is 0 Å². The van der Waals surface area contributed by atoms with E-state index in [9.17, 15) is 5.11 Å². The molecule has 2 heterocycles. The minimum atomic E-state index is -0.287. The maximum Gasteiger partial charge on any atom is 0.0812 e. The second kappa shape index (κ2) is 4.39. The molecule has 1 N–H and O–H groups in total. The maximum atomic E-state index is 10.2. The third-order valence-corrected chi connectivity index (χ3v) is 4.34. The van der Waals surface area contributed by atoms with Crippen LogP contribution in [0.15, 0.2) is 12.3 Å². The highest BCUT2D eigenvalue weighted by atomic mass is 16.5. The summed E-state index contributed by atoms with van der Waals surface area (Å²) in [5.41, 5.74) is 2.69. The Morgan fingerprint density at radius 3 is 3.06 bits per heavy atom. The molecule has 0 saturated carbocycles. The van der Waals surface area contributed by atoms with Crippen molar-refractivity contribution in [2.75, 3.05) is 13.2 Å². The van der Waals surface area contributed by atoms with Crippen molar-refractivity contribution in [3.63, 3.8) is 0 Å². The highest BCUT2D eigenvalue weighted by Gasteiger charge is 2.33. The molecule has 1 saturated heterocycles. The summed E-state index contributed by atoms with van der Waals surface area (Å²) >= 11 is 0. The van der Waals surface area contributed by atoms with Crippen LogP contribution in [-0.4, -0.2) is 22.9 Å². The van der Waals surface area contributed by atoms with Crippen LogP contribution in [0.5, 0.6) is 0 Å². The lowest BCUT2D eigenvalue weighted by Gasteiger charge is -2.34. The Bertz CT molecular complexity index is 430. The molecular formula is C15H23NO2. The van der Waals surface area contributed by atoms with E-state index in [0.29, 0.717) is 5.92 Å².